The van der Waals surface area contributed by atoms with E-state index >= 15 is 0 Å². The maximum Gasteiger partial charge on any atom is 0.162 e. The van der Waals surface area contributed by atoms with E-state index in [1.807, 2.05) is 36.4 Å². The Balaban J connectivity index is 1.28. The molecule has 7 rings (SSSR count). The van der Waals surface area contributed by atoms with Gasteiger partial charge in [0.2, 0.25) is 0 Å². The Morgan fingerprint density at radius 1 is 0.692 bits per heavy atom. The van der Waals surface area contributed by atoms with E-state index in [1.54, 1.807) is 0 Å². The summed E-state index contributed by atoms with van der Waals surface area (Å²) in [5.41, 5.74) is 7.78. The minimum atomic E-state index is -0.193. The molecule has 0 fully saturated rings. The van der Waals surface area contributed by atoms with E-state index in [4.69, 9.17) is 4.74 Å². The summed E-state index contributed by atoms with van der Waals surface area (Å²) in [6.45, 7) is 0.525. The Morgan fingerprint density at radius 3 is 2.21 bits per heavy atom. The van der Waals surface area contributed by atoms with Crippen molar-refractivity contribution in [2.45, 2.75) is 31.4 Å². The van der Waals surface area contributed by atoms with Crippen molar-refractivity contribution in [3.8, 4) is 5.75 Å². The molecule has 1 N–H and O–H groups in total. The number of nitrogens with one attached hydrogen (secondary N) is 1. The summed E-state index contributed by atoms with van der Waals surface area (Å²) in [5.74, 6) is 1.22. The zero-order chi connectivity index (χ0) is 26.2. The van der Waals surface area contributed by atoms with Crippen LogP contribution in [0.2, 0.25) is 0 Å². The number of benzene rings is 5. The van der Waals surface area contributed by atoms with Crippen LogP contribution in [-0.4, -0.2) is 5.78 Å². The van der Waals surface area contributed by atoms with Gasteiger partial charge in [-0.15, -0.1) is 0 Å². The van der Waals surface area contributed by atoms with Gasteiger partial charge >= 0.3 is 0 Å². The molecule has 2 aliphatic rings. The van der Waals surface area contributed by atoms with Gasteiger partial charge in [-0.05, 0) is 63.6 Å². The van der Waals surface area contributed by atoms with E-state index in [9.17, 15) is 4.79 Å². The molecule has 0 aromatic heterocycles. The molecule has 1 aliphatic carbocycles. The summed E-state index contributed by atoms with van der Waals surface area (Å²) < 4.78 is 6.03. The Labute approximate surface area is 228 Å². The number of carbonyl (C=O) groups excluding carboxylic acids is 1. The highest BCUT2D eigenvalue weighted by Gasteiger charge is 2.38. The lowest BCUT2D eigenvalue weighted by atomic mass is 9.71. The van der Waals surface area contributed by atoms with Crippen molar-refractivity contribution in [1.82, 2.24) is 0 Å². The summed E-state index contributed by atoms with van der Waals surface area (Å²) in [7, 11) is 0. The number of anilines is 1. The number of carbonyl (C=O) groups is 1. The molecule has 0 spiro atoms. The Hall–Kier alpha value is -4.63. The summed E-state index contributed by atoms with van der Waals surface area (Å²) in [6.07, 6.45) is 1.38. The zero-order valence-corrected chi connectivity index (χ0v) is 21.6. The Kier molecular flexibility index (Phi) is 5.97. The number of ether oxygens (including phenoxy) is 1. The van der Waals surface area contributed by atoms with Gasteiger partial charge in [0.25, 0.3) is 0 Å². The van der Waals surface area contributed by atoms with Crippen LogP contribution >= 0.6 is 0 Å². The number of Topliss-reactive ketones (excluding diaryl/α,β-unsaturated/α-hetero) is 1. The van der Waals surface area contributed by atoms with Crippen LogP contribution in [-0.2, 0) is 11.4 Å². The standard InChI is InChI=1S/C36H29NO2/c38-33-22-28(25-11-5-2-6-12-25)21-31-34-30-14-8-7-13-26(30)17-20-32(34)37-36(35(31)33)27-15-18-29(19-16-27)39-23-24-9-3-1-4-10-24/h1-20,28,36-37H,21-23H2/t28-,36+/m1/s1. The maximum absolute atomic E-state index is 13.9. The first-order valence-electron chi connectivity index (χ1n) is 13.6. The largest absolute Gasteiger partial charge is 0.489 e. The Bertz CT molecular complexity index is 1690. The number of fused-ring (bicyclic) bond motifs is 4. The van der Waals surface area contributed by atoms with Gasteiger partial charge in [0, 0.05) is 23.2 Å². The third kappa shape index (κ3) is 4.40. The van der Waals surface area contributed by atoms with E-state index < -0.39 is 0 Å². The van der Waals surface area contributed by atoms with Crippen LogP contribution in [0.25, 0.3) is 16.3 Å². The summed E-state index contributed by atoms with van der Waals surface area (Å²) in [5, 5.41) is 6.13. The van der Waals surface area contributed by atoms with Crippen molar-refractivity contribution in [3.63, 3.8) is 0 Å². The third-order valence-electron chi connectivity index (χ3n) is 8.06. The predicted molar refractivity (Wildman–Crippen MR) is 158 cm³/mol. The van der Waals surface area contributed by atoms with Gasteiger partial charge in [0.15, 0.2) is 5.78 Å². The average Bonchev–Trinajstić information content (AvgIpc) is 3.00. The van der Waals surface area contributed by atoms with Crippen LogP contribution in [0.3, 0.4) is 0 Å². The van der Waals surface area contributed by atoms with E-state index in [-0.39, 0.29) is 17.7 Å². The molecule has 0 bridgehead atoms. The van der Waals surface area contributed by atoms with Crippen LogP contribution in [0.4, 0.5) is 5.69 Å². The summed E-state index contributed by atoms with van der Waals surface area (Å²) in [4.78, 5) is 13.9. The molecule has 3 nitrogen and oxygen atoms in total. The highest BCUT2D eigenvalue weighted by molar-refractivity contribution is 6.13. The second-order valence-electron chi connectivity index (χ2n) is 10.5. The fourth-order valence-corrected chi connectivity index (χ4v) is 6.16. The summed E-state index contributed by atoms with van der Waals surface area (Å²) in [6, 6.07) is 41.5. The average molecular weight is 508 g/mol. The quantitative estimate of drug-likeness (QED) is 0.259. The molecule has 0 amide bonds. The normalized spacial score (nSPS) is 18.3. The second kappa shape index (κ2) is 9.92. The first-order valence-corrected chi connectivity index (χ1v) is 13.6. The smallest absolute Gasteiger partial charge is 0.162 e. The maximum atomic E-state index is 13.9. The molecular formula is C36H29NO2. The Morgan fingerprint density at radius 2 is 1.41 bits per heavy atom. The fourth-order valence-electron chi connectivity index (χ4n) is 6.16. The zero-order valence-electron chi connectivity index (χ0n) is 21.6. The van der Waals surface area contributed by atoms with Crippen molar-refractivity contribution in [3.05, 3.63) is 149 Å². The molecule has 39 heavy (non-hydrogen) atoms. The minimum absolute atomic E-state index is 0.178. The van der Waals surface area contributed by atoms with Crippen molar-refractivity contribution >= 4 is 27.8 Å². The van der Waals surface area contributed by atoms with Gasteiger partial charge in [0.05, 0.1) is 6.04 Å². The molecule has 5 aromatic rings. The monoisotopic (exact) mass is 507 g/mol. The molecule has 0 radical (unpaired) electrons. The molecule has 2 atom stereocenters. The van der Waals surface area contributed by atoms with Crippen molar-refractivity contribution < 1.29 is 9.53 Å². The number of ketones is 1. The number of hydrogen-bond donors (Lipinski definition) is 1. The molecular weight excluding hydrogens is 478 g/mol. The lowest BCUT2D eigenvalue weighted by molar-refractivity contribution is -0.116. The van der Waals surface area contributed by atoms with E-state index in [0.717, 1.165) is 34.6 Å². The first-order chi connectivity index (χ1) is 19.2. The van der Waals surface area contributed by atoms with Gasteiger partial charge in [-0.25, -0.2) is 0 Å². The van der Waals surface area contributed by atoms with Crippen LogP contribution < -0.4 is 10.1 Å². The number of hydrogen-bond acceptors (Lipinski definition) is 3. The topological polar surface area (TPSA) is 38.3 Å². The van der Waals surface area contributed by atoms with Crippen LogP contribution in [0.15, 0.2) is 127 Å². The van der Waals surface area contributed by atoms with Crippen molar-refractivity contribution in [2.24, 2.45) is 0 Å². The van der Waals surface area contributed by atoms with Gasteiger partial charge in [-0.3, -0.25) is 4.79 Å². The van der Waals surface area contributed by atoms with Crippen LogP contribution in [0, 0.1) is 0 Å². The van der Waals surface area contributed by atoms with E-state index in [0.29, 0.717) is 13.0 Å². The predicted octanol–water partition coefficient (Wildman–Crippen LogP) is 8.49. The summed E-state index contributed by atoms with van der Waals surface area (Å²) >= 11 is 0. The first kappa shape index (κ1) is 23.5. The molecule has 1 aliphatic heterocycles. The second-order valence-corrected chi connectivity index (χ2v) is 10.5. The van der Waals surface area contributed by atoms with Gasteiger partial charge < -0.3 is 10.1 Å². The minimum Gasteiger partial charge on any atom is -0.489 e. The molecule has 3 heteroatoms. The lowest BCUT2D eigenvalue weighted by Crippen LogP contribution is -2.29. The molecule has 190 valence electrons. The molecule has 0 saturated carbocycles. The molecule has 5 aromatic carbocycles. The molecule has 0 unspecified atom stereocenters. The SMILES string of the molecule is O=C1C[C@H](c2ccccc2)CC2=C1[C@H](c1ccc(OCc3ccccc3)cc1)Nc1ccc3ccccc3c12. The van der Waals surface area contributed by atoms with Crippen LogP contribution in [0.5, 0.6) is 5.75 Å². The van der Waals surface area contributed by atoms with Gasteiger partial charge in [-0.2, -0.15) is 0 Å². The lowest BCUT2D eigenvalue weighted by Gasteiger charge is -2.37. The molecule has 0 saturated heterocycles. The molecule has 1 heterocycles. The van der Waals surface area contributed by atoms with Gasteiger partial charge in [-0.1, -0.05) is 103 Å². The van der Waals surface area contributed by atoms with Gasteiger partial charge in [0.1, 0.15) is 12.4 Å². The fraction of sp³-hybridized carbons (Fsp3) is 0.139. The van der Waals surface area contributed by atoms with Crippen molar-refractivity contribution in [2.75, 3.05) is 5.32 Å². The van der Waals surface area contributed by atoms with Crippen molar-refractivity contribution in [1.29, 1.82) is 0 Å². The van der Waals surface area contributed by atoms with E-state index in [2.05, 4.69) is 90.2 Å². The van der Waals surface area contributed by atoms with Crippen LogP contribution in [0.1, 0.15) is 47.1 Å². The highest BCUT2D eigenvalue weighted by Crippen LogP contribution is 2.51. The third-order valence-corrected chi connectivity index (χ3v) is 8.06. The number of allylic oxidation sites excluding steroid dienone is 1. The highest BCUT2D eigenvalue weighted by atomic mass is 16.5. The number of rotatable bonds is 5. The van der Waals surface area contributed by atoms with E-state index in [1.165, 1.54) is 27.5 Å².